The van der Waals surface area contributed by atoms with E-state index in [-0.39, 0.29) is 0 Å². The largest absolute Gasteiger partial charge is 0.379 e. The molecule has 0 heterocycles. The van der Waals surface area contributed by atoms with Gasteiger partial charge in [0, 0.05) is 0 Å². The molecule has 0 radical (unpaired) electrons. The van der Waals surface area contributed by atoms with Gasteiger partial charge >= 0.3 is 0 Å². The third-order valence-corrected chi connectivity index (χ3v) is 0.853. The maximum atomic E-state index is 8.46. The minimum absolute atomic E-state index is 0.597. The third kappa shape index (κ3) is 5.92. The van der Waals surface area contributed by atoms with Crippen LogP contribution in [0, 0.1) is 0 Å². The highest BCUT2D eigenvalue weighted by Crippen LogP contribution is 1.93. The molecule has 0 bridgehead atoms. The zero-order valence-corrected chi connectivity index (χ0v) is 4.72. The summed E-state index contributed by atoms with van der Waals surface area (Å²) in [6, 6.07) is 0. The van der Waals surface area contributed by atoms with Gasteiger partial charge in [-0.25, -0.2) is 0 Å². The lowest BCUT2D eigenvalue weighted by atomic mass is 10.2. The van der Waals surface area contributed by atoms with Gasteiger partial charge in [0.15, 0.2) is 0 Å². The van der Waals surface area contributed by atoms with Crippen molar-refractivity contribution in [2.45, 2.75) is 32.4 Å². The Balaban J connectivity index is 2.68. The Bertz CT molecular complexity index is 37.1. The number of aliphatic hydroxyl groups excluding tert-OH is 1. The molecule has 0 aliphatic rings. The van der Waals surface area contributed by atoms with Crippen molar-refractivity contribution in [3.63, 3.8) is 0 Å². The van der Waals surface area contributed by atoms with E-state index in [2.05, 4.69) is 6.92 Å². The van der Waals surface area contributed by atoms with Crippen molar-refractivity contribution in [3.05, 3.63) is 0 Å². The van der Waals surface area contributed by atoms with E-state index in [1.807, 2.05) is 0 Å². The van der Waals surface area contributed by atoms with Crippen LogP contribution in [-0.4, -0.2) is 11.3 Å². The van der Waals surface area contributed by atoms with Crippen molar-refractivity contribution in [3.8, 4) is 0 Å². The molecule has 0 rings (SSSR count). The summed E-state index contributed by atoms with van der Waals surface area (Å²) in [5.74, 6) is 0. The van der Waals surface area contributed by atoms with Crippen LogP contribution in [0.15, 0.2) is 0 Å². The monoisotopic (exact) mass is 103 g/mol. The second kappa shape index (κ2) is 4.09. The van der Waals surface area contributed by atoms with Gasteiger partial charge in [-0.2, -0.15) is 0 Å². The summed E-state index contributed by atoms with van der Waals surface area (Å²) in [4.78, 5) is 0. The molecule has 7 heavy (non-hydrogen) atoms. The second-order valence-electron chi connectivity index (χ2n) is 1.71. The van der Waals surface area contributed by atoms with E-state index < -0.39 is 6.23 Å². The molecule has 0 fully saturated rings. The molecular weight excluding hydrogens is 90.1 g/mol. The molecule has 0 spiro atoms. The minimum atomic E-state index is -0.597. The lowest BCUT2D eigenvalue weighted by molar-refractivity contribution is 0.169. The maximum absolute atomic E-state index is 8.46. The van der Waals surface area contributed by atoms with E-state index in [0.717, 1.165) is 19.3 Å². The number of unbranched alkanes of at least 4 members (excludes halogenated alkanes) is 1. The smallest absolute Gasteiger partial charge is 0.102 e. The highest BCUT2D eigenvalue weighted by Gasteiger charge is 1.90. The van der Waals surface area contributed by atoms with Crippen molar-refractivity contribution in [1.82, 2.24) is 0 Å². The summed E-state index contributed by atoms with van der Waals surface area (Å²) in [6.07, 6.45) is 2.27. The Morgan fingerprint density at radius 3 is 2.43 bits per heavy atom. The molecule has 0 aromatic heterocycles. The zero-order chi connectivity index (χ0) is 5.70. The maximum Gasteiger partial charge on any atom is 0.102 e. The van der Waals surface area contributed by atoms with Gasteiger partial charge < -0.3 is 10.8 Å². The molecule has 0 aromatic carbocycles. The van der Waals surface area contributed by atoms with E-state index >= 15 is 0 Å². The fraction of sp³-hybridized carbons (Fsp3) is 1.00. The molecule has 44 valence electrons. The van der Waals surface area contributed by atoms with Gasteiger partial charge in [0.05, 0.1) is 0 Å². The fourth-order valence-corrected chi connectivity index (χ4v) is 0.413. The number of nitrogens with two attached hydrogens (primary N) is 1. The van der Waals surface area contributed by atoms with Crippen molar-refractivity contribution >= 4 is 0 Å². The van der Waals surface area contributed by atoms with Crippen LogP contribution >= 0.6 is 0 Å². The van der Waals surface area contributed by atoms with E-state index in [1.54, 1.807) is 0 Å². The number of hydrogen-bond acceptors (Lipinski definition) is 2. The average molecular weight is 103 g/mol. The lowest BCUT2D eigenvalue weighted by Crippen LogP contribution is -2.17. The van der Waals surface area contributed by atoms with Crippen molar-refractivity contribution < 1.29 is 5.11 Å². The second-order valence-corrected chi connectivity index (χ2v) is 1.71. The molecule has 0 aliphatic carbocycles. The van der Waals surface area contributed by atoms with E-state index in [0.29, 0.717) is 0 Å². The summed E-state index contributed by atoms with van der Waals surface area (Å²) in [6.45, 7) is 2.07. The summed E-state index contributed by atoms with van der Waals surface area (Å²) in [5, 5.41) is 8.46. The molecule has 0 saturated carbocycles. The molecular formula is C5H13NO. The van der Waals surface area contributed by atoms with Crippen molar-refractivity contribution in [2.24, 2.45) is 5.73 Å². The Morgan fingerprint density at radius 1 is 1.71 bits per heavy atom. The van der Waals surface area contributed by atoms with Crippen LogP contribution < -0.4 is 5.73 Å². The Hall–Kier alpha value is -0.0800. The van der Waals surface area contributed by atoms with Gasteiger partial charge in [0.2, 0.25) is 0 Å². The summed E-state index contributed by atoms with van der Waals surface area (Å²) < 4.78 is 0. The van der Waals surface area contributed by atoms with Gasteiger partial charge in [-0.15, -0.1) is 0 Å². The van der Waals surface area contributed by atoms with E-state index in [9.17, 15) is 0 Å². The fourth-order valence-electron chi connectivity index (χ4n) is 0.413. The molecule has 3 N–H and O–H groups in total. The molecule has 0 aromatic rings. The van der Waals surface area contributed by atoms with Gasteiger partial charge in [0.25, 0.3) is 0 Å². The van der Waals surface area contributed by atoms with Crippen LogP contribution in [0.4, 0.5) is 0 Å². The van der Waals surface area contributed by atoms with Gasteiger partial charge in [-0.3, -0.25) is 0 Å². The molecule has 2 nitrogen and oxygen atoms in total. The van der Waals surface area contributed by atoms with Crippen LogP contribution in [0.5, 0.6) is 0 Å². The summed E-state index contributed by atoms with van der Waals surface area (Å²) in [5.41, 5.74) is 5.03. The minimum Gasteiger partial charge on any atom is -0.379 e. The predicted octanol–water partition coefficient (Wildman–Crippen LogP) is 0.454. The first-order valence-corrected chi connectivity index (χ1v) is 2.71. The summed E-state index contributed by atoms with van der Waals surface area (Å²) in [7, 11) is 0. The average Bonchev–Trinajstić information content (AvgIpc) is 1.61. The molecule has 0 aliphatic heterocycles. The van der Waals surface area contributed by atoms with E-state index in [4.69, 9.17) is 10.8 Å². The van der Waals surface area contributed by atoms with Gasteiger partial charge in [-0.05, 0) is 12.8 Å². The normalized spacial score (nSPS) is 14.1. The molecule has 0 amide bonds. The Kier molecular flexibility index (Phi) is 4.04. The predicted molar refractivity (Wildman–Crippen MR) is 29.7 cm³/mol. The first-order valence-electron chi connectivity index (χ1n) is 2.71. The molecule has 1 atom stereocenters. The molecule has 0 saturated heterocycles. The standard InChI is InChI=1S/C5H13NO/c1-2-3-4-5(6)7/h5,7H,2-4,6H2,1H3/t5-/m1/s1. The third-order valence-electron chi connectivity index (χ3n) is 0.853. The van der Waals surface area contributed by atoms with Gasteiger partial charge in [-0.1, -0.05) is 13.3 Å². The van der Waals surface area contributed by atoms with Crippen LogP contribution in [0.2, 0.25) is 0 Å². The molecule has 0 unspecified atom stereocenters. The number of rotatable bonds is 3. The summed E-state index contributed by atoms with van der Waals surface area (Å²) >= 11 is 0. The van der Waals surface area contributed by atoms with Gasteiger partial charge in [0.1, 0.15) is 6.23 Å². The van der Waals surface area contributed by atoms with Crippen LogP contribution in [0.25, 0.3) is 0 Å². The Labute approximate surface area is 44.3 Å². The quantitative estimate of drug-likeness (QED) is 0.509. The van der Waals surface area contributed by atoms with Crippen LogP contribution in [0.1, 0.15) is 26.2 Å². The lowest BCUT2D eigenvalue weighted by Gasteiger charge is -1.98. The van der Waals surface area contributed by atoms with Crippen molar-refractivity contribution in [2.75, 3.05) is 0 Å². The first-order chi connectivity index (χ1) is 3.27. The van der Waals surface area contributed by atoms with E-state index in [1.165, 1.54) is 0 Å². The van der Waals surface area contributed by atoms with Crippen LogP contribution in [0.3, 0.4) is 0 Å². The number of aliphatic hydroxyl groups is 1. The number of hydrogen-bond donors (Lipinski definition) is 2. The topological polar surface area (TPSA) is 46.2 Å². The van der Waals surface area contributed by atoms with Crippen molar-refractivity contribution in [1.29, 1.82) is 0 Å². The van der Waals surface area contributed by atoms with Crippen LogP contribution in [-0.2, 0) is 0 Å². The highest BCUT2D eigenvalue weighted by atomic mass is 16.3. The first kappa shape index (κ1) is 6.92. The SMILES string of the molecule is CCCC[C@H](N)O. The zero-order valence-electron chi connectivity index (χ0n) is 4.72. The highest BCUT2D eigenvalue weighted by molar-refractivity contribution is 4.42. The Morgan fingerprint density at radius 2 is 2.29 bits per heavy atom. The molecule has 2 heteroatoms.